The number of amides is 1. The van der Waals surface area contributed by atoms with E-state index in [1.54, 1.807) is 47.6 Å². The number of imidazole rings is 1. The number of carbonyl (C=O) groups is 1. The molecule has 218 valence electrons. The molecule has 0 atom stereocenters. The molecule has 13 heteroatoms. The average molecular weight is 617 g/mol. The van der Waals surface area contributed by atoms with Crippen molar-refractivity contribution in [1.82, 2.24) is 24.4 Å². The molecule has 43 heavy (non-hydrogen) atoms. The molecule has 0 saturated carbocycles. The molecule has 1 amide bonds. The first-order valence-electron chi connectivity index (χ1n) is 13.6. The van der Waals surface area contributed by atoms with Gasteiger partial charge in [-0.15, -0.1) is 0 Å². The minimum atomic E-state index is -0.421. The molecule has 0 unspecified atom stereocenters. The van der Waals surface area contributed by atoms with Crippen LogP contribution in [0.4, 0.5) is 17.5 Å². The van der Waals surface area contributed by atoms with Crippen molar-refractivity contribution in [2.75, 3.05) is 36.4 Å². The third kappa shape index (κ3) is 6.23. The van der Waals surface area contributed by atoms with Crippen LogP contribution in [0.5, 0.6) is 0 Å². The van der Waals surface area contributed by atoms with Crippen LogP contribution in [0.25, 0.3) is 11.2 Å². The molecule has 3 aromatic carbocycles. The fourth-order valence-electron chi connectivity index (χ4n) is 4.97. The van der Waals surface area contributed by atoms with Crippen LogP contribution in [0.2, 0.25) is 10.0 Å². The maximum atomic E-state index is 13.1. The number of aromatic nitrogens is 4. The van der Waals surface area contributed by atoms with Gasteiger partial charge in [0.2, 0.25) is 5.95 Å². The minimum Gasteiger partial charge on any atom is -0.364 e. The Morgan fingerprint density at radius 1 is 0.953 bits per heavy atom. The van der Waals surface area contributed by atoms with Crippen molar-refractivity contribution in [1.29, 1.82) is 0 Å². The van der Waals surface area contributed by atoms with Gasteiger partial charge in [-0.3, -0.25) is 14.9 Å². The highest BCUT2D eigenvalue weighted by Gasteiger charge is 2.25. The SMILES string of the molecule is O=C(c1cccc(Cl)c1)N1CCN(c2nc(NCc3ccccc3Cl)c3ncn(Cc4ccc([N+](=O)[O-])cc4)c3n2)CC1. The Labute approximate surface area is 256 Å². The Morgan fingerprint density at radius 2 is 1.72 bits per heavy atom. The first kappa shape index (κ1) is 28.4. The average Bonchev–Trinajstić information content (AvgIpc) is 3.43. The van der Waals surface area contributed by atoms with Crippen molar-refractivity contribution >= 4 is 57.7 Å². The zero-order valence-electron chi connectivity index (χ0n) is 22.9. The minimum absolute atomic E-state index is 0.0305. The predicted molar refractivity (Wildman–Crippen MR) is 166 cm³/mol. The van der Waals surface area contributed by atoms with E-state index in [0.717, 1.165) is 11.1 Å². The molecular weight excluding hydrogens is 591 g/mol. The highest BCUT2D eigenvalue weighted by atomic mass is 35.5. The third-order valence-corrected chi connectivity index (χ3v) is 7.88. The van der Waals surface area contributed by atoms with Crippen LogP contribution >= 0.6 is 23.2 Å². The smallest absolute Gasteiger partial charge is 0.269 e. The molecule has 0 aliphatic carbocycles. The number of carbonyl (C=O) groups excluding carboxylic acids is 1. The highest BCUT2D eigenvalue weighted by molar-refractivity contribution is 6.31. The molecule has 0 radical (unpaired) electrons. The number of nitro benzene ring substituents is 1. The largest absolute Gasteiger partial charge is 0.364 e. The number of benzene rings is 3. The van der Waals surface area contributed by atoms with E-state index in [1.165, 1.54) is 12.1 Å². The first-order valence-corrected chi connectivity index (χ1v) is 14.3. The summed E-state index contributed by atoms with van der Waals surface area (Å²) >= 11 is 12.5. The van der Waals surface area contributed by atoms with E-state index in [1.807, 2.05) is 33.7 Å². The van der Waals surface area contributed by atoms with E-state index in [9.17, 15) is 14.9 Å². The number of non-ortho nitro benzene ring substituents is 1. The van der Waals surface area contributed by atoms with E-state index in [2.05, 4.69) is 10.3 Å². The quantitative estimate of drug-likeness (QED) is 0.175. The van der Waals surface area contributed by atoms with Gasteiger partial charge >= 0.3 is 0 Å². The number of rotatable bonds is 8. The number of piperazine rings is 1. The summed E-state index contributed by atoms with van der Waals surface area (Å²) in [5.74, 6) is 0.996. The van der Waals surface area contributed by atoms with Gasteiger partial charge in [-0.2, -0.15) is 9.97 Å². The summed E-state index contributed by atoms with van der Waals surface area (Å²) in [6, 6.07) is 20.9. The number of nitro groups is 1. The molecule has 1 fully saturated rings. The number of fused-ring (bicyclic) bond motifs is 1. The van der Waals surface area contributed by atoms with Gasteiger partial charge in [-0.1, -0.05) is 59.6 Å². The summed E-state index contributed by atoms with van der Waals surface area (Å²) in [5.41, 5.74) is 3.57. The second-order valence-corrected chi connectivity index (χ2v) is 10.9. The summed E-state index contributed by atoms with van der Waals surface area (Å²) in [5, 5.41) is 15.6. The number of anilines is 2. The van der Waals surface area contributed by atoms with Crippen molar-refractivity contribution in [3.8, 4) is 0 Å². The monoisotopic (exact) mass is 616 g/mol. The van der Waals surface area contributed by atoms with Crippen molar-refractivity contribution < 1.29 is 9.72 Å². The lowest BCUT2D eigenvalue weighted by Crippen LogP contribution is -2.49. The van der Waals surface area contributed by atoms with Crippen LogP contribution in [0.15, 0.2) is 79.1 Å². The Bertz CT molecular complexity index is 1800. The maximum Gasteiger partial charge on any atom is 0.269 e. The van der Waals surface area contributed by atoms with Gasteiger partial charge < -0.3 is 19.7 Å². The lowest BCUT2D eigenvalue weighted by atomic mass is 10.2. The lowest BCUT2D eigenvalue weighted by molar-refractivity contribution is -0.384. The zero-order chi connectivity index (χ0) is 29.9. The number of nitrogens with zero attached hydrogens (tertiary/aromatic N) is 7. The molecule has 11 nitrogen and oxygen atoms in total. The van der Waals surface area contributed by atoms with Crippen molar-refractivity contribution in [2.45, 2.75) is 13.1 Å². The van der Waals surface area contributed by atoms with Gasteiger partial charge in [0.1, 0.15) is 0 Å². The van der Waals surface area contributed by atoms with Gasteiger partial charge in [-0.05, 0) is 35.4 Å². The van der Waals surface area contributed by atoms with Crippen molar-refractivity contribution in [3.63, 3.8) is 0 Å². The second kappa shape index (κ2) is 12.2. The van der Waals surface area contributed by atoms with Gasteiger partial charge in [-0.25, -0.2) is 4.98 Å². The first-order chi connectivity index (χ1) is 20.9. The van der Waals surface area contributed by atoms with Gasteiger partial charge in [0.05, 0.1) is 17.8 Å². The molecule has 1 saturated heterocycles. The van der Waals surface area contributed by atoms with Crippen LogP contribution in [0.1, 0.15) is 21.5 Å². The fraction of sp³-hybridized carbons (Fsp3) is 0.200. The number of nitrogens with one attached hydrogen (secondary N) is 1. The number of hydrogen-bond donors (Lipinski definition) is 1. The Hall–Kier alpha value is -4.74. The normalized spacial score (nSPS) is 13.3. The summed E-state index contributed by atoms with van der Waals surface area (Å²) in [6.45, 7) is 2.92. The maximum absolute atomic E-state index is 13.1. The van der Waals surface area contributed by atoms with Gasteiger partial charge in [0.15, 0.2) is 17.0 Å². The van der Waals surface area contributed by atoms with Crippen LogP contribution in [-0.4, -0.2) is 61.4 Å². The zero-order valence-corrected chi connectivity index (χ0v) is 24.4. The van der Waals surface area contributed by atoms with Gasteiger partial charge in [0, 0.05) is 60.5 Å². The molecule has 1 N–H and O–H groups in total. The predicted octanol–water partition coefficient (Wildman–Crippen LogP) is 5.66. The molecule has 6 rings (SSSR count). The molecule has 2 aromatic heterocycles. The Kier molecular flexibility index (Phi) is 8.08. The molecule has 0 spiro atoms. The molecule has 1 aliphatic rings. The van der Waals surface area contributed by atoms with Crippen molar-refractivity contribution in [3.05, 3.63) is 116 Å². The van der Waals surface area contributed by atoms with E-state index in [-0.39, 0.29) is 11.6 Å². The van der Waals surface area contributed by atoms with Crippen LogP contribution < -0.4 is 10.2 Å². The summed E-state index contributed by atoms with van der Waals surface area (Å²) in [6.07, 6.45) is 1.69. The van der Waals surface area contributed by atoms with Crippen LogP contribution in [0.3, 0.4) is 0 Å². The van der Waals surface area contributed by atoms with E-state index >= 15 is 0 Å². The highest BCUT2D eigenvalue weighted by Crippen LogP contribution is 2.26. The third-order valence-electron chi connectivity index (χ3n) is 7.28. The van der Waals surface area contributed by atoms with E-state index in [0.29, 0.717) is 77.8 Å². The number of halogens is 2. The van der Waals surface area contributed by atoms with Crippen molar-refractivity contribution in [2.24, 2.45) is 0 Å². The molecule has 0 bridgehead atoms. The molecule has 1 aliphatic heterocycles. The topological polar surface area (TPSA) is 122 Å². The Balaban J connectivity index is 1.27. The fourth-order valence-corrected chi connectivity index (χ4v) is 5.36. The lowest BCUT2D eigenvalue weighted by Gasteiger charge is -2.35. The van der Waals surface area contributed by atoms with E-state index in [4.69, 9.17) is 33.2 Å². The Morgan fingerprint density at radius 3 is 2.44 bits per heavy atom. The van der Waals surface area contributed by atoms with Gasteiger partial charge in [0.25, 0.3) is 11.6 Å². The standard InChI is InChI=1S/C30H26Cl2N8O3/c31-23-6-3-5-21(16-23)29(41)37-12-14-38(15-13-37)30-35-27(33-17-22-4-1-2-7-25(22)32)26-28(36-30)39(19-34-26)18-20-8-10-24(11-9-20)40(42)43/h1-11,16,19H,12-15,17-18H2,(H,33,35,36). The summed E-state index contributed by atoms with van der Waals surface area (Å²) in [7, 11) is 0. The summed E-state index contributed by atoms with van der Waals surface area (Å²) in [4.78, 5) is 41.9. The van der Waals surface area contributed by atoms with E-state index < -0.39 is 4.92 Å². The second-order valence-electron chi connectivity index (χ2n) is 10.1. The molecule has 5 aromatic rings. The number of hydrogen-bond acceptors (Lipinski definition) is 8. The molecule has 3 heterocycles. The molecular formula is C30H26Cl2N8O3. The summed E-state index contributed by atoms with van der Waals surface area (Å²) < 4.78 is 1.89. The van der Waals surface area contributed by atoms with Crippen LogP contribution in [0, 0.1) is 10.1 Å². The van der Waals surface area contributed by atoms with Crippen LogP contribution in [-0.2, 0) is 13.1 Å².